The Kier molecular flexibility index (Phi) is 3.05. The highest BCUT2D eigenvalue weighted by molar-refractivity contribution is 5.71. The number of nitrogens with zero attached hydrogens (tertiary/aromatic N) is 2. The van der Waals surface area contributed by atoms with Crippen molar-refractivity contribution in [3.8, 4) is 33.6 Å². The second kappa shape index (κ2) is 5.33. The van der Waals surface area contributed by atoms with Gasteiger partial charge in [-0.3, -0.25) is 0 Å². The molecule has 106 valence electrons. The largest absolute Gasteiger partial charge is 0.345 e. The van der Waals surface area contributed by atoms with Crippen LogP contribution < -0.4 is 0 Å². The molecular weight excluding hydrogens is 272 g/mol. The van der Waals surface area contributed by atoms with Crippen LogP contribution in [0.5, 0.6) is 0 Å². The lowest BCUT2D eigenvalue weighted by molar-refractivity contribution is 1.31. The standard InChI is InChI=1S/C18H14N4/c1-5-15(17-9-19-11-21-17)6-2-13(1)14-3-7-16(8-4-14)18-10-20-12-22-18/h1-12H,(H,19,21)(H,20,22). The Hall–Kier alpha value is -3.14. The summed E-state index contributed by atoms with van der Waals surface area (Å²) in [5.74, 6) is 0. The Bertz CT molecular complexity index is 767. The van der Waals surface area contributed by atoms with Crippen LogP contribution in [-0.2, 0) is 0 Å². The van der Waals surface area contributed by atoms with Crippen LogP contribution >= 0.6 is 0 Å². The third-order valence-corrected chi connectivity index (χ3v) is 3.72. The number of nitrogens with one attached hydrogen (secondary N) is 2. The van der Waals surface area contributed by atoms with Gasteiger partial charge in [-0.25, -0.2) is 9.97 Å². The number of imidazole rings is 2. The molecule has 0 bridgehead atoms. The molecule has 0 fully saturated rings. The summed E-state index contributed by atoms with van der Waals surface area (Å²) in [4.78, 5) is 14.3. The number of aromatic nitrogens is 4. The molecule has 0 aliphatic heterocycles. The lowest BCUT2D eigenvalue weighted by Crippen LogP contribution is -1.82. The summed E-state index contributed by atoms with van der Waals surface area (Å²) >= 11 is 0. The van der Waals surface area contributed by atoms with Crippen LogP contribution in [0.15, 0.2) is 73.6 Å². The van der Waals surface area contributed by atoms with Gasteiger partial charge < -0.3 is 9.97 Å². The quantitative estimate of drug-likeness (QED) is 0.595. The Morgan fingerprint density at radius 2 is 0.864 bits per heavy atom. The molecule has 4 nitrogen and oxygen atoms in total. The van der Waals surface area contributed by atoms with E-state index in [4.69, 9.17) is 0 Å². The molecule has 0 unspecified atom stereocenters. The first-order valence-electron chi connectivity index (χ1n) is 7.08. The van der Waals surface area contributed by atoms with Gasteiger partial charge in [-0.15, -0.1) is 0 Å². The van der Waals surface area contributed by atoms with Gasteiger partial charge in [-0.2, -0.15) is 0 Å². The molecule has 2 aromatic carbocycles. The van der Waals surface area contributed by atoms with E-state index in [-0.39, 0.29) is 0 Å². The van der Waals surface area contributed by atoms with E-state index in [0.29, 0.717) is 0 Å². The summed E-state index contributed by atoms with van der Waals surface area (Å²) in [5, 5.41) is 0. The maximum Gasteiger partial charge on any atom is 0.0924 e. The molecule has 0 saturated heterocycles. The zero-order valence-electron chi connectivity index (χ0n) is 11.8. The van der Waals surface area contributed by atoms with Gasteiger partial charge in [0.25, 0.3) is 0 Å². The first-order chi connectivity index (χ1) is 10.9. The van der Waals surface area contributed by atoms with E-state index < -0.39 is 0 Å². The Labute approximate surface area is 127 Å². The molecule has 0 radical (unpaired) electrons. The van der Waals surface area contributed by atoms with Crippen molar-refractivity contribution in [3.63, 3.8) is 0 Å². The zero-order chi connectivity index (χ0) is 14.8. The highest BCUT2D eigenvalue weighted by Crippen LogP contribution is 2.25. The predicted molar refractivity (Wildman–Crippen MR) is 87.0 cm³/mol. The van der Waals surface area contributed by atoms with Crippen molar-refractivity contribution < 1.29 is 0 Å². The normalized spacial score (nSPS) is 10.7. The van der Waals surface area contributed by atoms with Crippen molar-refractivity contribution in [2.24, 2.45) is 0 Å². The van der Waals surface area contributed by atoms with Crippen LogP contribution in [-0.4, -0.2) is 19.9 Å². The second-order valence-electron chi connectivity index (χ2n) is 5.09. The lowest BCUT2D eigenvalue weighted by Gasteiger charge is -2.05. The number of H-pyrrole nitrogens is 2. The van der Waals surface area contributed by atoms with Gasteiger partial charge in [0.15, 0.2) is 0 Å². The van der Waals surface area contributed by atoms with Crippen molar-refractivity contribution >= 4 is 0 Å². The van der Waals surface area contributed by atoms with Crippen LogP contribution in [0.3, 0.4) is 0 Å². The summed E-state index contributed by atoms with van der Waals surface area (Å²) in [6.45, 7) is 0. The molecular formula is C18H14N4. The average Bonchev–Trinajstić information content (AvgIpc) is 3.29. The summed E-state index contributed by atoms with van der Waals surface area (Å²) in [7, 11) is 0. The maximum atomic E-state index is 4.05. The molecule has 0 spiro atoms. The van der Waals surface area contributed by atoms with E-state index in [1.165, 1.54) is 11.1 Å². The zero-order valence-corrected chi connectivity index (χ0v) is 11.8. The van der Waals surface area contributed by atoms with Gasteiger partial charge in [0.1, 0.15) is 0 Å². The van der Waals surface area contributed by atoms with E-state index in [0.717, 1.165) is 22.5 Å². The molecule has 2 N–H and O–H groups in total. The summed E-state index contributed by atoms with van der Waals surface area (Å²) in [5.41, 5.74) is 6.71. The number of hydrogen-bond donors (Lipinski definition) is 2. The van der Waals surface area contributed by atoms with Crippen molar-refractivity contribution in [3.05, 3.63) is 73.6 Å². The molecule has 0 amide bonds. The molecule has 4 aromatic rings. The molecule has 0 aliphatic rings. The minimum atomic E-state index is 1.03. The van der Waals surface area contributed by atoms with Crippen molar-refractivity contribution in [2.75, 3.05) is 0 Å². The minimum absolute atomic E-state index is 1.03. The lowest BCUT2D eigenvalue weighted by atomic mass is 10.0. The minimum Gasteiger partial charge on any atom is -0.345 e. The van der Waals surface area contributed by atoms with Crippen molar-refractivity contribution in [1.82, 2.24) is 19.9 Å². The van der Waals surface area contributed by atoms with Gasteiger partial charge in [0, 0.05) is 0 Å². The summed E-state index contributed by atoms with van der Waals surface area (Å²) < 4.78 is 0. The first-order valence-corrected chi connectivity index (χ1v) is 7.08. The van der Waals surface area contributed by atoms with Crippen LogP contribution in [0.25, 0.3) is 33.6 Å². The smallest absolute Gasteiger partial charge is 0.0924 e. The highest BCUT2D eigenvalue weighted by Gasteiger charge is 2.03. The Morgan fingerprint density at radius 3 is 1.18 bits per heavy atom. The number of rotatable bonds is 3. The molecule has 0 atom stereocenters. The monoisotopic (exact) mass is 286 g/mol. The fraction of sp³-hybridized carbons (Fsp3) is 0. The van der Waals surface area contributed by atoms with E-state index in [9.17, 15) is 0 Å². The number of hydrogen-bond acceptors (Lipinski definition) is 2. The fourth-order valence-corrected chi connectivity index (χ4v) is 2.51. The SMILES string of the molecule is c1ncc(-c2ccc(-c3ccc(-c4cnc[nH]4)cc3)cc2)[nH]1. The van der Waals surface area contributed by atoms with E-state index >= 15 is 0 Å². The van der Waals surface area contributed by atoms with Gasteiger partial charge in [0.05, 0.1) is 36.4 Å². The van der Waals surface area contributed by atoms with Gasteiger partial charge in [-0.1, -0.05) is 48.5 Å². The average molecular weight is 286 g/mol. The fourth-order valence-electron chi connectivity index (χ4n) is 2.51. The van der Waals surface area contributed by atoms with Gasteiger partial charge in [0.2, 0.25) is 0 Å². The van der Waals surface area contributed by atoms with Gasteiger partial charge in [-0.05, 0) is 22.3 Å². The van der Waals surface area contributed by atoms with Crippen LogP contribution in [0.4, 0.5) is 0 Å². The van der Waals surface area contributed by atoms with Crippen molar-refractivity contribution in [1.29, 1.82) is 0 Å². The Morgan fingerprint density at radius 1 is 0.500 bits per heavy atom. The van der Waals surface area contributed by atoms with E-state index in [2.05, 4.69) is 68.5 Å². The van der Waals surface area contributed by atoms with Gasteiger partial charge >= 0.3 is 0 Å². The summed E-state index contributed by atoms with van der Waals surface area (Å²) in [6.07, 6.45) is 7.04. The van der Waals surface area contributed by atoms with Crippen molar-refractivity contribution in [2.45, 2.75) is 0 Å². The van der Waals surface area contributed by atoms with E-state index in [1.807, 2.05) is 12.4 Å². The maximum absolute atomic E-state index is 4.05. The molecule has 4 rings (SSSR count). The summed E-state index contributed by atoms with van der Waals surface area (Å²) in [6, 6.07) is 16.9. The molecule has 4 heteroatoms. The molecule has 2 aromatic heterocycles. The first kappa shape index (κ1) is 12.6. The predicted octanol–water partition coefficient (Wildman–Crippen LogP) is 4.13. The van der Waals surface area contributed by atoms with Crippen LogP contribution in [0.1, 0.15) is 0 Å². The molecule has 2 heterocycles. The number of aromatic amines is 2. The Balaban J connectivity index is 1.62. The second-order valence-corrected chi connectivity index (χ2v) is 5.09. The third-order valence-electron chi connectivity index (χ3n) is 3.72. The topological polar surface area (TPSA) is 57.4 Å². The van der Waals surface area contributed by atoms with Crippen LogP contribution in [0, 0.1) is 0 Å². The molecule has 0 aliphatic carbocycles. The van der Waals surface area contributed by atoms with E-state index in [1.54, 1.807) is 12.7 Å². The van der Waals surface area contributed by atoms with Crippen LogP contribution in [0.2, 0.25) is 0 Å². The number of benzene rings is 2. The highest BCUT2D eigenvalue weighted by atomic mass is 14.9. The molecule has 0 saturated carbocycles. The third kappa shape index (κ3) is 2.31. The molecule has 22 heavy (non-hydrogen) atoms.